The van der Waals surface area contributed by atoms with Crippen molar-refractivity contribution in [1.82, 2.24) is 9.80 Å². The quantitative estimate of drug-likeness (QED) is 0.833. The minimum Gasteiger partial charge on any atom is -0.484 e. The Morgan fingerprint density at radius 2 is 1.77 bits per heavy atom. The van der Waals surface area contributed by atoms with Crippen LogP contribution in [0.2, 0.25) is 0 Å². The van der Waals surface area contributed by atoms with Crippen LogP contribution in [-0.4, -0.2) is 48.5 Å². The number of nitrogens with zero attached hydrogens (tertiary/aromatic N) is 3. The van der Waals surface area contributed by atoms with Gasteiger partial charge in [-0.15, -0.1) is 0 Å². The molecular formula is C21H23N3O2. The first-order chi connectivity index (χ1) is 12.7. The first-order valence-corrected chi connectivity index (χ1v) is 8.91. The van der Waals surface area contributed by atoms with E-state index in [1.807, 2.05) is 59.5 Å². The van der Waals surface area contributed by atoms with Crippen LogP contribution in [-0.2, 0) is 11.3 Å². The number of hydrogen-bond acceptors (Lipinski definition) is 4. The summed E-state index contributed by atoms with van der Waals surface area (Å²) in [6, 6.07) is 19.3. The Balaban J connectivity index is 1.47. The molecule has 0 bridgehead atoms. The third-order valence-electron chi connectivity index (χ3n) is 4.54. The van der Waals surface area contributed by atoms with Gasteiger partial charge in [-0.25, -0.2) is 0 Å². The Kier molecular flexibility index (Phi) is 6.24. The Bertz CT molecular complexity index is 753. The first kappa shape index (κ1) is 18.0. The molecule has 1 fully saturated rings. The molecule has 1 heterocycles. The fourth-order valence-corrected chi connectivity index (χ4v) is 3.07. The molecule has 5 nitrogen and oxygen atoms in total. The molecule has 0 saturated carbocycles. The maximum atomic E-state index is 12.4. The maximum absolute atomic E-state index is 12.4. The molecule has 1 amide bonds. The molecule has 0 unspecified atom stereocenters. The zero-order chi connectivity index (χ0) is 18.2. The van der Waals surface area contributed by atoms with E-state index in [9.17, 15) is 4.79 Å². The van der Waals surface area contributed by atoms with E-state index in [4.69, 9.17) is 10.00 Å². The Hall–Kier alpha value is -2.84. The lowest BCUT2D eigenvalue weighted by Gasteiger charge is -2.22. The molecule has 0 aromatic heterocycles. The Morgan fingerprint density at radius 1 is 1.00 bits per heavy atom. The number of ether oxygens (including phenoxy) is 1. The Labute approximate surface area is 154 Å². The van der Waals surface area contributed by atoms with Crippen molar-refractivity contribution in [2.24, 2.45) is 0 Å². The van der Waals surface area contributed by atoms with E-state index in [-0.39, 0.29) is 12.5 Å². The zero-order valence-electron chi connectivity index (χ0n) is 14.8. The van der Waals surface area contributed by atoms with Gasteiger partial charge in [0, 0.05) is 32.7 Å². The van der Waals surface area contributed by atoms with Gasteiger partial charge in [-0.3, -0.25) is 9.69 Å². The predicted molar refractivity (Wildman–Crippen MR) is 99.6 cm³/mol. The van der Waals surface area contributed by atoms with E-state index in [0.717, 1.165) is 38.3 Å². The van der Waals surface area contributed by atoms with E-state index < -0.39 is 0 Å². The van der Waals surface area contributed by atoms with Crippen LogP contribution in [0.5, 0.6) is 5.75 Å². The van der Waals surface area contributed by atoms with Gasteiger partial charge in [0.1, 0.15) is 5.75 Å². The second-order valence-corrected chi connectivity index (χ2v) is 6.42. The molecule has 0 radical (unpaired) electrons. The molecule has 1 saturated heterocycles. The van der Waals surface area contributed by atoms with Gasteiger partial charge in [-0.1, -0.05) is 30.3 Å². The smallest absolute Gasteiger partial charge is 0.260 e. The highest BCUT2D eigenvalue weighted by molar-refractivity contribution is 5.77. The highest BCUT2D eigenvalue weighted by atomic mass is 16.5. The molecule has 0 atom stereocenters. The standard InChI is InChI=1S/C21H23N3O2/c22-15-18-7-9-19(10-8-18)16-23-11-4-12-24(14-13-23)21(25)17-26-20-5-2-1-3-6-20/h1-3,5-10H,4,11-14,16-17H2. The van der Waals surface area contributed by atoms with E-state index in [2.05, 4.69) is 11.0 Å². The van der Waals surface area contributed by atoms with Gasteiger partial charge in [0.2, 0.25) is 0 Å². The molecule has 2 aromatic carbocycles. The van der Waals surface area contributed by atoms with Gasteiger partial charge >= 0.3 is 0 Å². The summed E-state index contributed by atoms with van der Waals surface area (Å²) in [4.78, 5) is 16.7. The summed E-state index contributed by atoms with van der Waals surface area (Å²) in [5.74, 6) is 0.757. The summed E-state index contributed by atoms with van der Waals surface area (Å²) in [7, 11) is 0. The van der Waals surface area contributed by atoms with Crippen molar-refractivity contribution in [3.05, 3.63) is 65.7 Å². The highest BCUT2D eigenvalue weighted by Crippen LogP contribution is 2.12. The molecule has 2 aromatic rings. The van der Waals surface area contributed by atoms with Crippen LogP contribution in [0.3, 0.4) is 0 Å². The van der Waals surface area contributed by atoms with Gasteiger partial charge in [0.05, 0.1) is 11.6 Å². The zero-order valence-corrected chi connectivity index (χ0v) is 14.8. The Morgan fingerprint density at radius 3 is 2.50 bits per heavy atom. The molecular weight excluding hydrogens is 326 g/mol. The number of hydrogen-bond donors (Lipinski definition) is 0. The van der Waals surface area contributed by atoms with Crippen LogP contribution in [0.4, 0.5) is 0 Å². The van der Waals surface area contributed by atoms with Crippen LogP contribution in [0.15, 0.2) is 54.6 Å². The van der Waals surface area contributed by atoms with E-state index >= 15 is 0 Å². The van der Waals surface area contributed by atoms with Crippen molar-refractivity contribution in [1.29, 1.82) is 5.26 Å². The maximum Gasteiger partial charge on any atom is 0.260 e. The predicted octanol–water partition coefficient (Wildman–Crippen LogP) is 2.67. The second kappa shape index (κ2) is 9.02. The lowest BCUT2D eigenvalue weighted by atomic mass is 10.1. The summed E-state index contributed by atoms with van der Waals surface area (Å²) in [5.41, 5.74) is 1.87. The molecule has 26 heavy (non-hydrogen) atoms. The van der Waals surface area contributed by atoms with Crippen molar-refractivity contribution in [3.8, 4) is 11.8 Å². The van der Waals surface area contributed by atoms with Crippen molar-refractivity contribution >= 4 is 5.91 Å². The summed E-state index contributed by atoms with van der Waals surface area (Å²) in [5, 5.41) is 8.88. The van der Waals surface area contributed by atoms with E-state index in [0.29, 0.717) is 12.1 Å². The lowest BCUT2D eigenvalue weighted by molar-refractivity contribution is -0.133. The largest absolute Gasteiger partial charge is 0.484 e. The average molecular weight is 349 g/mol. The molecule has 0 N–H and O–H groups in total. The van der Waals surface area contributed by atoms with Crippen LogP contribution >= 0.6 is 0 Å². The number of benzene rings is 2. The average Bonchev–Trinajstić information content (AvgIpc) is 2.93. The first-order valence-electron chi connectivity index (χ1n) is 8.91. The van der Waals surface area contributed by atoms with Gasteiger partial charge in [0.25, 0.3) is 5.91 Å². The molecule has 1 aliphatic rings. The third kappa shape index (κ3) is 5.08. The second-order valence-electron chi connectivity index (χ2n) is 6.42. The molecule has 134 valence electrons. The normalized spacial score (nSPS) is 15.1. The fraction of sp³-hybridized carbons (Fsp3) is 0.333. The monoisotopic (exact) mass is 349 g/mol. The van der Waals surface area contributed by atoms with Crippen LogP contribution < -0.4 is 4.74 Å². The minimum absolute atomic E-state index is 0.0362. The lowest BCUT2D eigenvalue weighted by Crippen LogP contribution is -2.38. The summed E-state index contributed by atoms with van der Waals surface area (Å²) in [6.45, 7) is 4.21. The van der Waals surface area contributed by atoms with Crippen molar-refractivity contribution in [3.63, 3.8) is 0 Å². The number of amides is 1. The van der Waals surface area contributed by atoms with E-state index in [1.54, 1.807) is 0 Å². The molecule has 0 spiro atoms. The van der Waals surface area contributed by atoms with Crippen LogP contribution in [0.25, 0.3) is 0 Å². The van der Waals surface area contributed by atoms with Gasteiger partial charge in [-0.2, -0.15) is 5.26 Å². The topological polar surface area (TPSA) is 56.6 Å². The SMILES string of the molecule is N#Cc1ccc(CN2CCCN(C(=O)COc3ccccc3)CC2)cc1. The minimum atomic E-state index is 0.0362. The van der Waals surface area contributed by atoms with Gasteiger partial charge in [-0.05, 0) is 36.2 Å². The fourth-order valence-electron chi connectivity index (χ4n) is 3.07. The summed E-state index contributed by atoms with van der Waals surface area (Å²) in [6.07, 6.45) is 0.952. The molecule has 3 rings (SSSR count). The number of carbonyl (C=O) groups excluding carboxylic acids is 1. The van der Waals surface area contributed by atoms with Crippen LogP contribution in [0, 0.1) is 11.3 Å². The highest BCUT2D eigenvalue weighted by Gasteiger charge is 2.19. The van der Waals surface area contributed by atoms with Crippen molar-refractivity contribution in [2.75, 3.05) is 32.8 Å². The van der Waals surface area contributed by atoms with Gasteiger partial charge in [0.15, 0.2) is 6.61 Å². The van der Waals surface area contributed by atoms with Crippen LogP contribution in [0.1, 0.15) is 17.5 Å². The number of nitriles is 1. The molecule has 5 heteroatoms. The van der Waals surface area contributed by atoms with E-state index in [1.165, 1.54) is 5.56 Å². The summed E-state index contributed by atoms with van der Waals surface area (Å²) >= 11 is 0. The molecule has 1 aliphatic heterocycles. The van der Waals surface area contributed by atoms with Crippen molar-refractivity contribution in [2.45, 2.75) is 13.0 Å². The number of para-hydroxylation sites is 1. The third-order valence-corrected chi connectivity index (χ3v) is 4.54. The number of rotatable bonds is 5. The molecule has 0 aliphatic carbocycles. The summed E-state index contributed by atoms with van der Waals surface area (Å²) < 4.78 is 5.57. The van der Waals surface area contributed by atoms with Crippen molar-refractivity contribution < 1.29 is 9.53 Å². The number of carbonyl (C=O) groups is 1. The van der Waals surface area contributed by atoms with Gasteiger partial charge < -0.3 is 9.64 Å².